The molecule has 4 aliphatic rings. The maximum Gasteiger partial charge on any atom is 0.139 e. The monoisotopic (exact) mass is 122 g/mol. The van der Waals surface area contributed by atoms with Gasteiger partial charge < -0.3 is 0 Å². The number of ketones is 1. The van der Waals surface area contributed by atoms with E-state index in [1.54, 1.807) is 0 Å². The smallest absolute Gasteiger partial charge is 0.139 e. The van der Waals surface area contributed by atoms with Crippen LogP contribution < -0.4 is 0 Å². The molecule has 0 aromatic carbocycles. The first kappa shape index (κ1) is 4.48. The second-order valence-corrected chi connectivity index (χ2v) is 3.76. The van der Waals surface area contributed by atoms with Gasteiger partial charge in [-0.05, 0) is 31.1 Å². The minimum Gasteiger partial charge on any atom is -0.299 e. The van der Waals surface area contributed by atoms with Gasteiger partial charge in [0, 0.05) is 11.8 Å². The molecule has 9 heavy (non-hydrogen) atoms. The van der Waals surface area contributed by atoms with Crippen molar-refractivity contribution in [1.29, 1.82) is 0 Å². The molecule has 4 unspecified atom stereocenters. The molecule has 48 valence electrons. The number of Topliss-reactive ketones (excluding diaryl/α,β-unsaturated/α-hetero) is 1. The van der Waals surface area contributed by atoms with Gasteiger partial charge in [0.15, 0.2) is 0 Å². The van der Waals surface area contributed by atoms with E-state index < -0.39 is 0 Å². The van der Waals surface area contributed by atoms with E-state index in [2.05, 4.69) is 0 Å². The lowest BCUT2D eigenvalue weighted by Gasteiger charge is -2.30. The van der Waals surface area contributed by atoms with E-state index in [0.29, 0.717) is 17.6 Å². The Labute approximate surface area is 54.4 Å². The lowest BCUT2D eigenvalue weighted by molar-refractivity contribution is -0.124. The SMILES string of the molecule is O=C1C2CC3C1CCC23. The van der Waals surface area contributed by atoms with Crippen LogP contribution in [0.5, 0.6) is 0 Å². The van der Waals surface area contributed by atoms with Gasteiger partial charge in [0.25, 0.3) is 0 Å². The van der Waals surface area contributed by atoms with Gasteiger partial charge in [-0.1, -0.05) is 0 Å². The quantitative estimate of drug-likeness (QED) is 0.472. The van der Waals surface area contributed by atoms with Gasteiger partial charge in [-0.3, -0.25) is 4.79 Å². The molecule has 0 aromatic heterocycles. The molecule has 1 heteroatoms. The molecule has 4 rings (SSSR count). The second-order valence-electron chi connectivity index (χ2n) is 3.76. The van der Waals surface area contributed by atoms with Gasteiger partial charge in [0.05, 0.1) is 0 Å². The van der Waals surface area contributed by atoms with Gasteiger partial charge in [0.2, 0.25) is 0 Å². The lowest BCUT2D eigenvalue weighted by Crippen LogP contribution is -2.27. The van der Waals surface area contributed by atoms with E-state index in [1.165, 1.54) is 19.3 Å². The van der Waals surface area contributed by atoms with Crippen LogP contribution in [0.1, 0.15) is 19.3 Å². The Morgan fingerprint density at radius 3 is 2.44 bits per heavy atom. The van der Waals surface area contributed by atoms with Crippen molar-refractivity contribution in [1.82, 2.24) is 0 Å². The molecule has 4 aliphatic carbocycles. The molecule has 4 saturated carbocycles. The average Bonchev–Trinajstić information content (AvgIpc) is 2.26. The predicted octanol–water partition coefficient (Wildman–Crippen LogP) is 1.23. The molecule has 0 aromatic rings. The molecule has 0 heterocycles. The Hall–Kier alpha value is -0.330. The Morgan fingerprint density at radius 2 is 2.00 bits per heavy atom. The molecule has 0 radical (unpaired) electrons. The zero-order valence-electron chi connectivity index (χ0n) is 5.34. The van der Waals surface area contributed by atoms with Crippen molar-refractivity contribution in [2.45, 2.75) is 19.3 Å². The highest BCUT2D eigenvalue weighted by molar-refractivity contribution is 5.90. The number of hydrogen-bond acceptors (Lipinski definition) is 1. The van der Waals surface area contributed by atoms with Crippen LogP contribution in [0.2, 0.25) is 0 Å². The van der Waals surface area contributed by atoms with Gasteiger partial charge >= 0.3 is 0 Å². The fourth-order valence-corrected chi connectivity index (χ4v) is 3.16. The topological polar surface area (TPSA) is 17.1 Å². The standard InChI is InChI=1S/C8H10O/c9-8-5-2-1-4-6(5)3-7(4)8/h4-7H,1-3H2. The molecule has 0 saturated heterocycles. The van der Waals surface area contributed by atoms with Crippen molar-refractivity contribution < 1.29 is 4.79 Å². The first-order valence-corrected chi connectivity index (χ1v) is 3.91. The molecule has 0 spiro atoms. The van der Waals surface area contributed by atoms with Gasteiger partial charge in [0.1, 0.15) is 5.78 Å². The molecule has 1 nitrogen and oxygen atoms in total. The summed E-state index contributed by atoms with van der Waals surface area (Å²) < 4.78 is 0. The van der Waals surface area contributed by atoms with Crippen LogP contribution in [0, 0.1) is 23.7 Å². The number of carbonyl (C=O) groups is 1. The highest BCUT2D eigenvalue weighted by Crippen LogP contribution is 2.62. The predicted molar refractivity (Wildman–Crippen MR) is 32.8 cm³/mol. The molecule has 0 amide bonds. The minimum absolute atomic E-state index is 0.542. The first-order chi connectivity index (χ1) is 4.38. The highest BCUT2D eigenvalue weighted by Gasteiger charge is 2.62. The largest absolute Gasteiger partial charge is 0.299 e. The molecule has 4 atom stereocenters. The van der Waals surface area contributed by atoms with Crippen LogP contribution >= 0.6 is 0 Å². The second kappa shape index (κ2) is 1.09. The fraction of sp³-hybridized carbons (Fsp3) is 0.875. The van der Waals surface area contributed by atoms with Crippen LogP contribution in [0.25, 0.3) is 0 Å². The van der Waals surface area contributed by atoms with Crippen LogP contribution in [0.4, 0.5) is 0 Å². The summed E-state index contributed by atoms with van der Waals surface area (Å²) in [4.78, 5) is 11.2. The van der Waals surface area contributed by atoms with Gasteiger partial charge in [-0.15, -0.1) is 0 Å². The summed E-state index contributed by atoms with van der Waals surface area (Å²) in [5.74, 6) is 3.44. The molecular formula is C8H10O. The summed E-state index contributed by atoms with van der Waals surface area (Å²) in [6, 6.07) is 0. The highest BCUT2D eigenvalue weighted by atomic mass is 16.1. The lowest BCUT2D eigenvalue weighted by atomic mass is 9.73. The van der Waals surface area contributed by atoms with Crippen molar-refractivity contribution >= 4 is 5.78 Å². The van der Waals surface area contributed by atoms with Crippen LogP contribution in [-0.4, -0.2) is 5.78 Å². The molecular weight excluding hydrogens is 112 g/mol. The van der Waals surface area contributed by atoms with Crippen molar-refractivity contribution in [3.8, 4) is 0 Å². The summed E-state index contributed by atoms with van der Waals surface area (Å²) in [6.45, 7) is 0. The number of rotatable bonds is 0. The van der Waals surface area contributed by atoms with Crippen molar-refractivity contribution in [3.05, 3.63) is 0 Å². The van der Waals surface area contributed by atoms with Crippen molar-refractivity contribution in [2.24, 2.45) is 23.7 Å². The zero-order valence-corrected chi connectivity index (χ0v) is 5.34. The zero-order chi connectivity index (χ0) is 6.01. The van der Waals surface area contributed by atoms with E-state index in [-0.39, 0.29) is 0 Å². The summed E-state index contributed by atoms with van der Waals surface area (Å²) in [6.07, 6.45) is 3.85. The fourth-order valence-electron chi connectivity index (χ4n) is 3.16. The van der Waals surface area contributed by atoms with Crippen molar-refractivity contribution in [2.75, 3.05) is 0 Å². The summed E-state index contributed by atoms with van der Waals surface area (Å²) in [7, 11) is 0. The van der Waals surface area contributed by atoms with E-state index in [1.807, 2.05) is 0 Å². The Balaban J connectivity index is 2.12. The maximum atomic E-state index is 11.2. The molecule has 0 aliphatic heterocycles. The third kappa shape index (κ3) is 0.300. The third-order valence-corrected chi connectivity index (χ3v) is 3.65. The maximum absolute atomic E-state index is 11.2. The summed E-state index contributed by atoms with van der Waals surface area (Å²) in [5.41, 5.74) is 0. The Morgan fingerprint density at radius 1 is 1.11 bits per heavy atom. The average molecular weight is 122 g/mol. The Kier molecular flexibility index (Phi) is 0.544. The van der Waals surface area contributed by atoms with E-state index in [4.69, 9.17) is 0 Å². The van der Waals surface area contributed by atoms with Crippen LogP contribution in [0.3, 0.4) is 0 Å². The van der Waals surface area contributed by atoms with Gasteiger partial charge in [-0.2, -0.15) is 0 Å². The first-order valence-electron chi connectivity index (χ1n) is 3.91. The minimum atomic E-state index is 0.542. The summed E-state index contributed by atoms with van der Waals surface area (Å²) >= 11 is 0. The van der Waals surface area contributed by atoms with E-state index in [0.717, 1.165) is 11.8 Å². The number of carbonyl (C=O) groups excluding carboxylic acids is 1. The molecule has 4 bridgehead atoms. The normalized spacial score (nSPS) is 60.2. The third-order valence-electron chi connectivity index (χ3n) is 3.65. The molecule has 0 N–H and O–H groups in total. The van der Waals surface area contributed by atoms with Crippen LogP contribution in [-0.2, 0) is 4.79 Å². The van der Waals surface area contributed by atoms with Crippen molar-refractivity contribution in [3.63, 3.8) is 0 Å². The summed E-state index contributed by atoms with van der Waals surface area (Å²) in [5, 5.41) is 0. The van der Waals surface area contributed by atoms with Gasteiger partial charge in [-0.25, -0.2) is 0 Å². The molecule has 4 fully saturated rings. The van der Waals surface area contributed by atoms with Crippen LogP contribution in [0.15, 0.2) is 0 Å². The Bertz CT molecular complexity index is 185. The number of hydrogen-bond donors (Lipinski definition) is 0. The van der Waals surface area contributed by atoms with E-state index in [9.17, 15) is 4.79 Å². The van der Waals surface area contributed by atoms with E-state index >= 15 is 0 Å².